The first-order chi connectivity index (χ1) is 14.5. The molecule has 8 heteroatoms. The Balaban J connectivity index is 1.33. The number of amides is 2. The zero-order valence-electron chi connectivity index (χ0n) is 17.1. The van der Waals surface area contributed by atoms with Crippen LogP contribution in [0.5, 0.6) is 0 Å². The average Bonchev–Trinajstić information content (AvgIpc) is 3.38. The van der Waals surface area contributed by atoms with Crippen LogP contribution in [0.4, 0.5) is 5.82 Å². The second-order valence-electron chi connectivity index (χ2n) is 7.47. The van der Waals surface area contributed by atoms with Crippen molar-refractivity contribution in [2.24, 2.45) is 0 Å². The first kappa shape index (κ1) is 20.3. The lowest BCUT2D eigenvalue weighted by Crippen LogP contribution is -2.50. The number of nitrogens with one attached hydrogen (secondary N) is 1. The van der Waals surface area contributed by atoms with Crippen LogP contribution in [0.1, 0.15) is 21.0 Å². The Kier molecular flexibility index (Phi) is 5.96. The summed E-state index contributed by atoms with van der Waals surface area (Å²) in [5, 5.41) is 8.47. The van der Waals surface area contributed by atoms with Crippen LogP contribution in [0, 0.1) is 13.8 Å². The van der Waals surface area contributed by atoms with Crippen LogP contribution in [0.25, 0.3) is 11.1 Å². The van der Waals surface area contributed by atoms with Crippen LogP contribution in [0.3, 0.4) is 0 Å². The Morgan fingerprint density at radius 2 is 1.83 bits per heavy atom. The number of piperazine rings is 1. The van der Waals surface area contributed by atoms with E-state index in [1.165, 1.54) is 16.9 Å². The van der Waals surface area contributed by atoms with Gasteiger partial charge in [0.1, 0.15) is 5.76 Å². The lowest BCUT2D eigenvalue weighted by Gasteiger charge is -2.34. The van der Waals surface area contributed by atoms with Gasteiger partial charge in [-0.05, 0) is 30.9 Å². The maximum Gasteiger partial charge on any atom is 0.264 e. The molecule has 1 N–H and O–H groups in total. The van der Waals surface area contributed by atoms with Gasteiger partial charge < -0.3 is 14.7 Å². The number of carbonyl (C=O) groups is 2. The number of thiophene rings is 1. The van der Waals surface area contributed by atoms with Gasteiger partial charge in [0.25, 0.3) is 5.91 Å². The van der Waals surface area contributed by atoms with Crippen LogP contribution in [-0.2, 0) is 4.79 Å². The Morgan fingerprint density at radius 3 is 2.50 bits per heavy atom. The second kappa shape index (κ2) is 8.81. The molecule has 1 aromatic carbocycles. The van der Waals surface area contributed by atoms with E-state index in [4.69, 9.17) is 4.52 Å². The average molecular weight is 425 g/mol. The third-order valence-corrected chi connectivity index (χ3v) is 6.05. The van der Waals surface area contributed by atoms with Gasteiger partial charge in [0.05, 0.1) is 11.4 Å². The minimum atomic E-state index is -0.136. The van der Waals surface area contributed by atoms with Crippen LogP contribution in [0.2, 0.25) is 0 Å². The number of carbonyl (C=O) groups excluding carboxylic acids is 2. The van der Waals surface area contributed by atoms with Gasteiger partial charge >= 0.3 is 0 Å². The van der Waals surface area contributed by atoms with Gasteiger partial charge in [-0.25, -0.2) is 0 Å². The Hall–Kier alpha value is -2.97. The van der Waals surface area contributed by atoms with Crippen molar-refractivity contribution in [3.05, 3.63) is 58.0 Å². The fraction of sp³-hybridized carbons (Fsp3) is 0.318. The van der Waals surface area contributed by atoms with Gasteiger partial charge in [0.15, 0.2) is 5.82 Å². The number of benzene rings is 1. The highest BCUT2D eigenvalue weighted by atomic mass is 32.1. The topological polar surface area (TPSA) is 78.7 Å². The van der Waals surface area contributed by atoms with E-state index in [0.717, 1.165) is 16.0 Å². The standard InChI is InChI=1S/C22H24N4O3S/c1-15-3-5-17(6-4-15)18-7-12-30-21(18)22(28)26-10-8-25(9-11-26)14-20(27)23-19-13-16(2)29-24-19/h3-7,12-13H,8-11,14H2,1-2H3,(H,23,24,27). The zero-order chi connectivity index (χ0) is 21.1. The molecule has 0 unspecified atom stereocenters. The molecule has 0 radical (unpaired) electrons. The highest BCUT2D eigenvalue weighted by Crippen LogP contribution is 2.30. The largest absolute Gasteiger partial charge is 0.360 e. The molecular formula is C22H24N4O3S. The molecule has 1 fully saturated rings. The van der Waals surface area contributed by atoms with Crippen molar-refractivity contribution in [2.45, 2.75) is 13.8 Å². The number of aryl methyl sites for hydroxylation is 2. The predicted octanol–water partition coefficient (Wildman–Crippen LogP) is 3.42. The summed E-state index contributed by atoms with van der Waals surface area (Å²) in [5.74, 6) is 0.995. The summed E-state index contributed by atoms with van der Waals surface area (Å²) in [4.78, 5) is 30.0. The molecule has 2 amide bonds. The first-order valence-corrected chi connectivity index (χ1v) is 10.8. The number of hydrogen-bond donors (Lipinski definition) is 1. The lowest BCUT2D eigenvalue weighted by atomic mass is 10.0. The van der Waals surface area contributed by atoms with Gasteiger partial charge in [-0.15, -0.1) is 11.3 Å². The molecule has 4 rings (SSSR count). The number of rotatable bonds is 5. The summed E-state index contributed by atoms with van der Waals surface area (Å²) in [6.45, 7) is 6.60. The number of aromatic nitrogens is 1. The number of nitrogens with zero attached hydrogens (tertiary/aromatic N) is 3. The van der Waals surface area contributed by atoms with Crippen LogP contribution in [-0.4, -0.2) is 59.5 Å². The van der Waals surface area contributed by atoms with Gasteiger partial charge in [0.2, 0.25) is 5.91 Å². The van der Waals surface area contributed by atoms with Gasteiger partial charge in [-0.3, -0.25) is 14.5 Å². The smallest absolute Gasteiger partial charge is 0.264 e. The Bertz CT molecular complexity index is 1030. The molecule has 156 valence electrons. The Labute approximate surface area is 179 Å². The summed E-state index contributed by atoms with van der Waals surface area (Å²) >= 11 is 1.48. The van der Waals surface area contributed by atoms with Gasteiger partial charge in [-0.1, -0.05) is 35.0 Å². The van der Waals surface area contributed by atoms with E-state index in [2.05, 4.69) is 41.7 Å². The zero-order valence-corrected chi connectivity index (χ0v) is 17.9. The highest BCUT2D eigenvalue weighted by Gasteiger charge is 2.26. The molecule has 30 heavy (non-hydrogen) atoms. The number of hydrogen-bond acceptors (Lipinski definition) is 6. The highest BCUT2D eigenvalue weighted by molar-refractivity contribution is 7.12. The molecule has 3 heterocycles. The van der Waals surface area contributed by atoms with E-state index >= 15 is 0 Å². The molecule has 1 saturated heterocycles. The Morgan fingerprint density at radius 1 is 1.10 bits per heavy atom. The SMILES string of the molecule is Cc1ccc(-c2ccsc2C(=O)N2CCN(CC(=O)Nc3cc(C)on3)CC2)cc1. The van der Waals surface area contributed by atoms with Gasteiger partial charge in [0, 0.05) is 37.8 Å². The molecule has 1 aliphatic rings. The minimum absolute atomic E-state index is 0.0581. The predicted molar refractivity (Wildman–Crippen MR) is 117 cm³/mol. The summed E-state index contributed by atoms with van der Waals surface area (Å²) < 4.78 is 4.96. The molecule has 0 atom stereocenters. The van der Waals surface area contributed by atoms with E-state index in [9.17, 15) is 9.59 Å². The molecule has 1 aliphatic heterocycles. The van der Waals surface area contributed by atoms with Crippen molar-refractivity contribution in [3.63, 3.8) is 0 Å². The van der Waals surface area contributed by atoms with Crippen molar-refractivity contribution in [2.75, 3.05) is 38.0 Å². The van der Waals surface area contributed by atoms with Crippen LogP contribution in [0.15, 0.2) is 46.3 Å². The van der Waals surface area contributed by atoms with E-state index in [0.29, 0.717) is 37.8 Å². The summed E-state index contributed by atoms with van der Waals surface area (Å²) in [6, 6.07) is 11.9. The molecule has 2 aromatic heterocycles. The number of anilines is 1. The molecule has 0 bridgehead atoms. The molecule has 3 aromatic rings. The van der Waals surface area contributed by atoms with Crippen molar-refractivity contribution in [1.29, 1.82) is 0 Å². The molecule has 7 nitrogen and oxygen atoms in total. The monoisotopic (exact) mass is 424 g/mol. The van der Waals surface area contributed by atoms with E-state index in [-0.39, 0.29) is 18.4 Å². The summed E-state index contributed by atoms with van der Waals surface area (Å²) in [7, 11) is 0. The quantitative estimate of drug-likeness (QED) is 0.679. The van der Waals surface area contributed by atoms with Crippen molar-refractivity contribution < 1.29 is 14.1 Å². The van der Waals surface area contributed by atoms with Crippen LogP contribution < -0.4 is 5.32 Å². The molecular weight excluding hydrogens is 400 g/mol. The normalized spacial score (nSPS) is 14.7. The van der Waals surface area contributed by atoms with Crippen molar-refractivity contribution in [3.8, 4) is 11.1 Å². The minimum Gasteiger partial charge on any atom is -0.360 e. The van der Waals surface area contributed by atoms with E-state index in [1.54, 1.807) is 13.0 Å². The molecule has 0 saturated carbocycles. The first-order valence-electron chi connectivity index (χ1n) is 9.89. The third-order valence-electron chi connectivity index (χ3n) is 5.14. The maximum absolute atomic E-state index is 13.1. The molecule has 0 aliphatic carbocycles. The molecule has 0 spiro atoms. The van der Waals surface area contributed by atoms with E-state index < -0.39 is 0 Å². The fourth-order valence-electron chi connectivity index (χ4n) is 3.50. The second-order valence-corrected chi connectivity index (χ2v) is 8.38. The third kappa shape index (κ3) is 4.60. The van der Waals surface area contributed by atoms with E-state index in [1.807, 2.05) is 21.2 Å². The van der Waals surface area contributed by atoms with Crippen LogP contribution >= 0.6 is 11.3 Å². The fourth-order valence-corrected chi connectivity index (χ4v) is 4.38. The van der Waals surface area contributed by atoms with Crippen molar-refractivity contribution in [1.82, 2.24) is 15.0 Å². The summed E-state index contributed by atoms with van der Waals surface area (Å²) in [5.41, 5.74) is 3.24. The van der Waals surface area contributed by atoms with Gasteiger partial charge in [-0.2, -0.15) is 0 Å². The lowest BCUT2D eigenvalue weighted by molar-refractivity contribution is -0.117. The maximum atomic E-state index is 13.1. The van der Waals surface area contributed by atoms with Crippen molar-refractivity contribution >= 4 is 29.0 Å². The summed E-state index contributed by atoms with van der Waals surface area (Å²) in [6.07, 6.45) is 0.